The number of guanidine groups is 1. The third-order valence-corrected chi connectivity index (χ3v) is 2.08. The number of aryl methyl sites for hydroxylation is 1. The van der Waals surface area contributed by atoms with Gasteiger partial charge in [-0.2, -0.15) is 4.99 Å². The Bertz CT molecular complexity index is 441. The molecule has 5 nitrogen and oxygen atoms in total. The van der Waals surface area contributed by atoms with Crippen molar-refractivity contribution in [3.8, 4) is 0 Å². The fourth-order valence-corrected chi connectivity index (χ4v) is 1.44. The molecular weight excluding hydrogens is 223 g/mol. The lowest BCUT2D eigenvalue weighted by atomic mass is 10.1. The van der Waals surface area contributed by atoms with Crippen LogP contribution < -0.4 is 16.8 Å². The number of amides is 2. The number of urea groups is 1. The molecule has 1 aromatic carbocycles. The Morgan fingerprint density at radius 1 is 1.47 bits per heavy atom. The van der Waals surface area contributed by atoms with E-state index in [2.05, 4.69) is 10.3 Å². The second-order valence-corrected chi connectivity index (χ2v) is 3.49. The van der Waals surface area contributed by atoms with E-state index in [-0.39, 0.29) is 11.6 Å². The molecule has 0 atom stereocenters. The molecule has 0 aromatic heterocycles. The molecule has 2 amide bonds. The van der Waals surface area contributed by atoms with Crippen LogP contribution in [-0.4, -0.2) is 12.0 Å². The van der Waals surface area contributed by atoms with E-state index in [1.165, 1.54) is 6.07 Å². The maximum atomic E-state index is 13.5. The minimum Gasteiger partial charge on any atom is -0.370 e. The maximum Gasteiger partial charge on any atom is 0.348 e. The van der Waals surface area contributed by atoms with Crippen molar-refractivity contribution >= 4 is 17.7 Å². The van der Waals surface area contributed by atoms with E-state index in [4.69, 9.17) is 11.5 Å². The van der Waals surface area contributed by atoms with Gasteiger partial charge in [-0.1, -0.05) is 25.5 Å². The molecule has 0 radical (unpaired) electrons. The van der Waals surface area contributed by atoms with Gasteiger partial charge in [-0.15, -0.1) is 0 Å². The molecule has 0 saturated heterocycles. The molecule has 0 spiro atoms. The normalized spacial score (nSPS) is 9.76. The van der Waals surface area contributed by atoms with Crippen LogP contribution in [0.5, 0.6) is 0 Å². The highest BCUT2D eigenvalue weighted by atomic mass is 19.1. The molecule has 0 heterocycles. The van der Waals surface area contributed by atoms with Crippen LogP contribution in [0.1, 0.15) is 18.9 Å². The van der Waals surface area contributed by atoms with Crippen LogP contribution in [0.25, 0.3) is 0 Å². The number of nitrogens with zero attached hydrogens (tertiary/aromatic N) is 1. The van der Waals surface area contributed by atoms with E-state index in [0.29, 0.717) is 12.0 Å². The summed E-state index contributed by atoms with van der Waals surface area (Å²) < 4.78 is 13.5. The van der Waals surface area contributed by atoms with Crippen LogP contribution in [0.15, 0.2) is 23.2 Å². The predicted molar refractivity (Wildman–Crippen MR) is 65.2 cm³/mol. The minimum atomic E-state index is -0.785. The highest BCUT2D eigenvalue weighted by Crippen LogP contribution is 2.21. The third-order valence-electron chi connectivity index (χ3n) is 2.08. The Morgan fingerprint density at radius 3 is 2.76 bits per heavy atom. The first-order valence-corrected chi connectivity index (χ1v) is 5.22. The first-order chi connectivity index (χ1) is 8.04. The van der Waals surface area contributed by atoms with Gasteiger partial charge in [0.05, 0.1) is 5.69 Å². The van der Waals surface area contributed by atoms with Crippen molar-refractivity contribution in [1.82, 2.24) is 0 Å². The summed E-state index contributed by atoms with van der Waals surface area (Å²) in [5.41, 5.74) is 11.0. The van der Waals surface area contributed by atoms with Crippen molar-refractivity contribution in [2.75, 3.05) is 5.32 Å². The van der Waals surface area contributed by atoms with Crippen molar-refractivity contribution in [3.63, 3.8) is 0 Å². The van der Waals surface area contributed by atoms with Crippen molar-refractivity contribution in [3.05, 3.63) is 29.6 Å². The maximum absolute atomic E-state index is 13.5. The average molecular weight is 238 g/mol. The summed E-state index contributed by atoms with van der Waals surface area (Å²) in [4.78, 5) is 14.6. The Kier molecular flexibility index (Phi) is 4.45. The lowest BCUT2D eigenvalue weighted by Crippen LogP contribution is -2.25. The Hall–Kier alpha value is -2.11. The summed E-state index contributed by atoms with van der Waals surface area (Å²) in [5.74, 6) is -0.869. The summed E-state index contributed by atoms with van der Waals surface area (Å²) in [6.07, 6.45) is 1.50. The number of para-hydroxylation sites is 1. The molecule has 17 heavy (non-hydrogen) atoms. The molecule has 6 heteroatoms. The predicted octanol–water partition coefficient (Wildman–Crippen LogP) is 1.58. The molecule has 0 unspecified atom stereocenters. The summed E-state index contributed by atoms with van der Waals surface area (Å²) in [7, 11) is 0. The highest BCUT2D eigenvalue weighted by Gasteiger charge is 2.10. The van der Waals surface area contributed by atoms with E-state index in [1.54, 1.807) is 12.1 Å². The number of benzene rings is 1. The number of carbonyl (C=O) groups is 1. The van der Waals surface area contributed by atoms with Crippen LogP contribution in [0.4, 0.5) is 14.9 Å². The van der Waals surface area contributed by atoms with Crippen molar-refractivity contribution in [1.29, 1.82) is 0 Å². The van der Waals surface area contributed by atoms with Crippen LogP contribution in [0, 0.1) is 5.82 Å². The summed E-state index contributed by atoms with van der Waals surface area (Å²) >= 11 is 0. The zero-order chi connectivity index (χ0) is 12.8. The van der Waals surface area contributed by atoms with E-state index in [0.717, 1.165) is 6.42 Å². The third kappa shape index (κ3) is 3.75. The van der Waals surface area contributed by atoms with E-state index in [1.807, 2.05) is 6.92 Å². The molecule has 0 fully saturated rings. The van der Waals surface area contributed by atoms with Crippen LogP contribution in [-0.2, 0) is 6.42 Å². The Labute approximate surface area is 98.7 Å². The van der Waals surface area contributed by atoms with Gasteiger partial charge in [0.15, 0.2) is 5.96 Å². The molecule has 1 aromatic rings. The zero-order valence-corrected chi connectivity index (χ0v) is 9.53. The number of halogens is 1. The van der Waals surface area contributed by atoms with Crippen molar-refractivity contribution in [2.45, 2.75) is 19.8 Å². The fraction of sp³-hybridized carbons (Fsp3) is 0.273. The number of anilines is 1. The number of carbonyl (C=O) groups excluding carboxylic acids is 1. The zero-order valence-electron chi connectivity index (χ0n) is 9.53. The first-order valence-electron chi connectivity index (χ1n) is 5.22. The van der Waals surface area contributed by atoms with E-state index < -0.39 is 11.8 Å². The fourth-order valence-electron chi connectivity index (χ4n) is 1.44. The summed E-state index contributed by atoms with van der Waals surface area (Å²) in [5, 5.41) is 2.33. The second kappa shape index (κ2) is 5.83. The number of hydrogen-bond acceptors (Lipinski definition) is 1. The molecule has 5 N–H and O–H groups in total. The topological polar surface area (TPSA) is 93.5 Å². The standard InChI is InChI=1S/C11H15FN4O/c1-2-4-7-5-3-6-8(12)9(7)15-11(17)16-10(13)14/h3,5-6H,2,4H2,1H3,(H5,13,14,15,16,17). The quantitative estimate of drug-likeness (QED) is 0.551. The van der Waals surface area contributed by atoms with E-state index >= 15 is 0 Å². The second-order valence-electron chi connectivity index (χ2n) is 3.49. The SMILES string of the molecule is CCCc1cccc(F)c1NC(=O)N=C(N)N. The van der Waals surface area contributed by atoms with Gasteiger partial charge in [0, 0.05) is 0 Å². The summed E-state index contributed by atoms with van der Waals surface area (Å²) in [6.45, 7) is 1.96. The van der Waals surface area contributed by atoms with Gasteiger partial charge in [-0.05, 0) is 18.1 Å². The van der Waals surface area contributed by atoms with Gasteiger partial charge in [0.1, 0.15) is 5.82 Å². The smallest absolute Gasteiger partial charge is 0.348 e. The largest absolute Gasteiger partial charge is 0.370 e. The Morgan fingerprint density at radius 2 is 2.18 bits per heavy atom. The number of nitrogens with one attached hydrogen (secondary N) is 1. The number of hydrogen-bond donors (Lipinski definition) is 3. The molecule has 0 aliphatic heterocycles. The lowest BCUT2D eigenvalue weighted by molar-refractivity contribution is 0.259. The van der Waals surface area contributed by atoms with Crippen molar-refractivity contribution < 1.29 is 9.18 Å². The number of nitrogens with two attached hydrogens (primary N) is 2. The first kappa shape index (κ1) is 13.0. The van der Waals surface area contributed by atoms with Crippen LogP contribution in [0.2, 0.25) is 0 Å². The minimum absolute atomic E-state index is 0.129. The number of aliphatic imine (C=N–C) groups is 1. The van der Waals surface area contributed by atoms with Gasteiger partial charge in [-0.25, -0.2) is 9.18 Å². The molecular formula is C11H15FN4O. The Balaban J connectivity index is 2.96. The summed E-state index contributed by atoms with van der Waals surface area (Å²) in [6, 6.07) is 3.82. The number of rotatable bonds is 3. The van der Waals surface area contributed by atoms with Gasteiger partial charge >= 0.3 is 6.03 Å². The molecule has 1 rings (SSSR count). The van der Waals surface area contributed by atoms with Crippen molar-refractivity contribution in [2.24, 2.45) is 16.5 Å². The van der Waals surface area contributed by atoms with E-state index in [9.17, 15) is 9.18 Å². The molecule has 0 bridgehead atoms. The molecule has 0 saturated carbocycles. The lowest BCUT2D eigenvalue weighted by Gasteiger charge is -2.09. The van der Waals surface area contributed by atoms with Gasteiger partial charge in [0.25, 0.3) is 0 Å². The van der Waals surface area contributed by atoms with Gasteiger partial charge in [0.2, 0.25) is 0 Å². The van der Waals surface area contributed by atoms with Crippen LogP contribution >= 0.6 is 0 Å². The average Bonchev–Trinajstić information content (AvgIpc) is 2.22. The van der Waals surface area contributed by atoms with Gasteiger partial charge in [-0.3, -0.25) is 0 Å². The monoisotopic (exact) mass is 238 g/mol. The highest BCUT2D eigenvalue weighted by molar-refractivity contribution is 5.98. The molecule has 0 aliphatic carbocycles. The molecule has 0 aliphatic rings. The molecule has 92 valence electrons. The van der Waals surface area contributed by atoms with Gasteiger partial charge < -0.3 is 16.8 Å². The van der Waals surface area contributed by atoms with Crippen LogP contribution in [0.3, 0.4) is 0 Å².